The van der Waals surface area contributed by atoms with Crippen LogP contribution in [0.3, 0.4) is 0 Å². The first-order valence-electron chi connectivity index (χ1n) is 4.08. The number of carbonyl (C=O) groups excluding carboxylic acids is 2. The van der Waals surface area contributed by atoms with E-state index in [9.17, 15) is 9.59 Å². The number of carbonyl (C=O) groups is 2. The van der Waals surface area contributed by atoms with Crippen molar-refractivity contribution in [3.8, 4) is 6.07 Å². The fourth-order valence-corrected chi connectivity index (χ4v) is 1.40. The molecule has 68 valence electrons. The molecular weight excluding hydrogens is 180 g/mol. The molecule has 4 nitrogen and oxygen atoms in total. The van der Waals surface area contributed by atoms with Crippen molar-refractivity contribution in [2.75, 3.05) is 5.32 Å². The second kappa shape index (κ2) is 2.96. The summed E-state index contributed by atoms with van der Waals surface area (Å²) in [5.41, 5.74) is 0.882. The maximum absolute atomic E-state index is 11.6. The van der Waals surface area contributed by atoms with Gasteiger partial charge in [0.25, 0.3) is 0 Å². The highest BCUT2D eigenvalue weighted by Gasteiger charge is 2.33. The third-order valence-electron chi connectivity index (χ3n) is 2.10. The third kappa shape index (κ3) is 1.07. The van der Waals surface area contributed by atoms with E-state index in [1.165, 1.54) is 0 Å². The molecule has 0 aromatic heterocycles. The molecule has 1 amide bonds. The summed E-state index contributed by atoms with van der Waals surface area (Å²) in [4.78, 5) is 22.8. The maximum atomic E-state index is 11.6. The molecule has 1 atom stereocenters. The van der Waals surface area contributed by atoms with Gasteiger partial charge in [-0.05, 0) is 12.1 Å². The molecule has 2 rings (SSSR count). The average molecular weight is 186 g/mol. The van der Waals surface area contributed by atoms with Crippen molar-refractivity contribution < 1.29 is 9.59 Å². The molecule has 4 heteroatoms. The Morgan fingerprint density at radius 3 is 2.71 bits per heavy atom. The molecule has 0 bridgehead atoms. The Kier molecular flexibility index (Phi) is 1.79. The van der Waals surface area contributed by atoms with Crippen molar-refractivity contribution in [3.63, 3.8) is 0 Å². The van der Waals surface area contributed by atoms with Crippen LogP contribution < -0.4 is 5.32 Å². The highest BCUT2D eigenvalue weighted by Crippen LogP contribution is 2.24. The van der Waals surface area contributed by atoms with Crippen LogP contribution in [0.4, 0.5) is 5.69 Å². The molecule has 1 N–H and O–H groups in total. The molecule has 1 aromatic carbocycles. The number of hydrogen-bond donors (Lipinski definition) is 1. The number of nitrogens with one attached hydrogen (secondary N) is 1. The predicted octanol–water partition coefficient (Wildman–Crippen LogP) is 0.961. The minimum atomic E-state index is -1.20. The monoisotopic (exact) mass is 186 g/mol. The van der Waals surface area contributed by atoms with Crippen LogP contribution in [0.1, 0.15) is 10.4 Å². The SMILES string of the molecule is N#CC1C(=O)Nc2ccccc2C1=O. The molecule has 1 aliphatic rings. The molecule has 0 fully saturated rings. The first-order valence-corrected chi connectivity index (χ1v) is 4.08. The van der Waals surface area contributed by atoms with Gasteiger partial charge in [-0.15, -0.1) is 0 Å². The molecule has 0 saturated carbocycles. The van der Waals surface area contributed by atoms with Gasteiger partial charge in [-0.3, -0.25) is 9.59 Å². The highest BCUT2D eigenvalue weighted by atomic mass is 16.2. The average Bonchev–Trinajstić information content (AvgIpc) is 2.18. The van der Waals surface area contributed by atoms with Gasteiger partial charge in [0.2, 0.25) is 5.91 Å². The summed E-state index contributed by atoms with van der Waals surface area (Å²) in [5.74, 6) is -2.17. The van der Waals surface area contributed by atoms with Crippen molar-refractivity contribution in [3.05, 3.63) is 29.8 Å². The number of rotatable bonds is 0. The summed E-state index contributed by atoms with van der Waals surface area (Å²) in [6, 6.07) is 8.34. The summed E-state index contributed by atoms with van der Waals surface area (Å²) < 4.78 is 0. The van der Waals surface area contributed by atoms with E-state index in [4.69, 9.17) is 5.26 Å². The zero-order valence-electron chi connectivity index (χ0n) is 7.15. The summed E-state index contributed by atoms with van der Waals surface area (Å²) in [5, 5.41) is 11.1. The van der Waals surface area contributed by atoms with Crippen molar-refractivity contribution in [2.24, 2.45) is 5.92 Å². The van der Waals surface area contributed by atoms with E-state index in [2.05, 4.69) is 5.32 Å². The maximum Gasteiger partial charge on any atom is 0.249 e. The number of amides is 1. The van der Waals surface area contributed by atoms with Crippen LogP contribution in [-0.2, 0) is 4.79 Å². The Labute approximate surface area is 80.2 Å². The number of benzene rings is 1. The Bertz CT molecular complexity index is 459. The van der Waals surface area contributed by atoms with Gasteiger partial charge in [0, 0.05) is 5.56 Å². The van der Waals surface area contributed by atoms with E-state index in [1.54, 1.807) is 30.3 Å². The van der Waals surface area contributed by atoms with Crippen LogP contribution in [0.2, 0.25) is 0 Å². The Morgan fingerprint density at radius 2 is 2.00 bits per heavy atom. The van der Waals surface area contributed by atoms with Crippen molar-refractivity contribution >= 4 is 17.4 Å². The lowest BCUT2D eigenvalue weighted by Crippen LogP contribution is -2.34. The summed E-state index contributed by atoms with van der Waals surface area (Å²) in [6.07, 6.45) is 0. The number of Topliss-reactive ketones (excluding diaryl/α,β-unsaturated/α-hetero) is 1. The number of ketones is 1. The zero-order chi connectivity index (χ0) is 10.1. The van der Waals surface area contributed by atoms with Crippen LogP contribution in [0.15, 0.2) is 24.3 Å². The van der Waals surface area contributed by atoms with Gasteiger partial charge in [-0.25, -0.2) is 0 Å². The van der Waals surface area contributed by atoms with Crippen LogP contribution in [-0.4, -0.2) is 11.7 Å². The minimum Gasteiger partial charge on any atom is -0.324 e. The van der Waals surface area contributed by atoms with Gasteiger partial charge in [-0.2, -0.15) is 5.26 Å². The highest BCUT2D eigenvalue weighted by molar-refractivity contribution is 6.22. The Hall–Kier alpha value is -2.15. The largest absolute Gasteiger partial charge is 0.324 e. The van der Waals surface area contributed by atoms with Gasteiger partial charge >= 0.3 is 0 Å². The number of para-hydroxylation sites is 1. The van der Waals surface area contributed by atoms with Gasteiger partial charge in [0.05, 0.1) is 11.8 Å². The van der Waals surface area contributed by atoms with Crippen LogP contribution >= 0.6 is 0 Å². The Morgan fingerprint density at radius 1 is 1.29 bits per heavy atom. The molecule has 1 aliphatic heterocycles. The first kappa shape index (κ1) is 8.45. The van der Waals surface area contributed by atoms with E-state index >= 15 is 0 Å². The van der Waals surface area contributed by atoms with Gasteiger partial charge in [-0.1, -0.05) is 12.1 Å². The van der Waals surface area contributed by atoms with Crippen LogP contribution in [0.5, 0.6) is 0 Å². The summed E-state index contributed by atoms with van der Waals surface area (Å²) >= 11 is 0. The van der Waals surface area contributed by atoms with E-state index < -0.39 is 17.6 Å². The summed E-state index contributed by atoms with van der Waals surface area (Å²) in [6.45, 7) is 0. The topological polar surface area (TPSA) is 70.0 Å². The molecule has 1 aromatic rings. The number of hydrogen-bond acceptors (Lipinski definition) is 3. The van der Waals surface area contributed by atoms with Crippen molar-refractivity contribution in [2.45, 2.75) is 0 Å². The predicted molar refractivity (Wildman–Crippen MR) is 48.5 cm³/mol. The van der Waals surface area contributed by atoms with Gasteiger partial charge < -0.3 is 5.32 Å². The lowest BCUT2D eigenvalue weighted by molar-refractivity contribution is -0.117. The zero-order valence-corrected chi connectivity index (χ0v) is 7.15. The van der Waals surface area contributed by atoms with Gasteiger partial charge in [0.15, 0.2) is 11.7 Å². The second-order valence-corrected chi connectivity index (χ2v) is 2.96. The fourth-order valence-electron chi connectivity index (χ4n) is 1.40. The number of nitriles is 1. The molecule has 1 heterocycles. The fraction of sp³-hybridized carbons (Fsp3) is 0.100. The lowest BCUT2D eigenvalue weighted by atomic mass is 9.93. The van der Waals surface area contributed by atoms with Crippen molar-refractivity contribution in [1.82, 2.24) is 0 Å². The van der Waals surface area contributed by atoms with Crippen LogP contribution in [0, 0.1) is 17.2 Å². The number of anilines is 1. The second-order valence-electron chi connectivity index (χ2n) is 2.96. The van der Waals surface area contributed by atoms with Crippen molar-refractivity contribution in [1.29, 1.82) is 5.26 Å². The molecule has 1 unspecified atom stereocenters. The molecule has 0 radical (unpaired) electrons. The number of fused-ring (bicyclic) bond motifs is 1. The molecule has 0 aliphatic carbocycles. The smallest absolute Gasteiger partial charge is 0.249 e. The van der Waals surface area contributed by atoms with Gasteiger partial charge in [0.1, 0.15) is 0 Å². The Balaban J connectivity index is 2.55. The first-order chi connectivity index (χ1) is 6.74. The molecule has 14 heavy (non-hydrogen) atoms. The standard InChI is InChI=1S/C10H6N2O2/c11-5-7-9(13)6-3-1-2-4-8(6)12-10(7)14/h1-4,7H,(H,12,14). The minimum absolute atomic E-state index is 0.402. The van der Waals surface area contributed by atoms with E-state index in [1.807, 2.05) is 0 Å². The normalized spacial score (nSPS) is 19.5. The molecule has 0 saturated heterocycles. The third-order valence-corrected chi connectivity index (χ3v) is 2.10. The lowest BCUT2D eigenvalue weighted by Gasteiger charge is -2.18. The molecular formula is C10H6N2O2. The van der Waals surface area contributed by atoms with E-state index in [0.29, 0.717) is 11.3 Å². The summed E-state index contributed by atoms with van der Waals surface area (Å²) in [7, 11) is 0. The van der Waals surface area contributed by atoms with E-state index in [-0.39, 0.29) is 0 Å². The van der Waals surface area contributed by atoms with E-state index in [0.717, 1.165) is 0 Å². The van der Waals surface area contributed by atoms with Crippen LogP contribution in [0.25, 0.3) is 0 Å². The quantitative estimate of drug-likeness (QED) is 0.613. The molecule has 0 spiro atoms. The number of nitrogens with zero attached hydrogens (tertiary/aromatic N) is 1.